The predicted octanol–water partition coefficient (Wildman–Crippen LogP) is 3.47. The minimum absolute atomic E-state index is 0.000503. The van der Waals surface area contributed by atoms with Crippen LogP contribution in [0.1, 0.15) is 0 Å². The second-order valence-electron chi connectivity index (χ2n) is 4.42. The van der Waals surface area contributed by atoms with E-state index in [0.29, 0.717) is 10.8 Å². The molecule has 0 saturated carbocycles. The molecular formula is C15H14ClF2NO2. The third kappa shape index (κ3) is 4.88. The maximum atomic E-state index is 13.4. The zero-order valence-electron chi connectivity index (χ0n) is 11.0. The Hall–Kier alpha value is -1.85. The van der Waals surface area contributed by atoms with Crippen LogP contribution < -0.4 is 10.1 Å². The number of hydrogen-bond donors (Lipinski definition) is 2. The van der Waals surface area contributed by atoms with E-state index in [1.54, 1.807) is 24.3 Å². The summed E-state index contributed by atoms with van der Waals surface area (Å²) in [4.78, 5) is 0. The largest absolute Gasteiger partial charge is 0.491 e. The van der Waals surface area contributed by atoms with Crippen molar-refractivity contribution < 1.29 is 18.6 Å². The number of benzene rings is 2. The van der Waals surface area contributed by atoms with Crippen LogP contribution in [0, 0.1) is 11.6 Å². The summed E-state index contributed by atoms with van der Waals surface area (Å²) >= 11 is 5.74. The predicted molar refractivity (Wildman–Crippen MR) is 77.8 cm³/mol. The fraction of sp³-hybridized carbons (Fsp3) is 0.200. The molecule has 0 amide bonds. The summed E-state index contributed by atoms with van der Waals surface area (Å²) in [5, 5.41) is 13.0. The summed E-state index contributed by atoms with van der Waals surface area (Å²) in [5.41, 5.74) is 0.000503. The number of hydrogen-bond acceptors (Lipinski definition) is 3. The van der Waals surface area contributed by atoms with Crippen molar-refractivity contribution >= 4 is 17.3 Å². The lowest BCUT2D eigenvalue weighted by atomic mass is 10.2. The van der Waals surface area contributed by atoms with Gasteiger partial charge in [-0.2, -0.15) is 0 Å². The summed E-state index contributed by atoms with van der Waals surface area (Å²) in [6, 6.07) is 9.77. The quantitative estimate of drug-likeness (QED) is 0.858. The van der Waals surface area contributed by atoms with Crippen molar-refractivity contribution in [3.63, 3.8) is 0 Å². The summed E-state index contributed by atoms with van der Waals surface area (Å²) in [7, 11) is 0. The Labute approximate surface area is 126 Å². The van der Waals surface area contributed by atoms with Crippen LogP contribution in [0.2, 0.25) is 5.02 Å². The van der Waals surface area contributed by atoms with E-state index in [4.69, 9.17) is 16.3 Å². The number of nitrogens with one attached hydrogen (secondary N) is 1. The number of aliphatic hydroxyl groups is 1. The van der Waals surface area contributed by atoms with Gasteiger partial charge in [-0.05, 0) is 42.5 Å². The Balaban J connectivity index is 1.80. The summed E-state index contributed by atoms with van der Waals surface area (Å²) in [6.45, 7) is 0.0551. The molecule has 0 aliphatic heterocycles. The van der Waals surface area contributed by atoms with E-state index in [2.05, 4.69) is 5.32 Å². The van der Waals surface area contributed by atoms with Gasteiger partial charge in [0.1, 0.15) is 30.1 Å². The fourth-order valence-corrected chi connectivity index (χ4v) is 1.77. The zero-order chi connectivity index (χ0) is 15.2. The van der Waals surface area contributed by atoms with E-state index >= 15 is 0 Å². The van der Waals surface area contributed by atoms with E-state index in [0.717, 1.165) is 18.2 Å². The summed E-state index contributed by atoms with van der Waals surface area (Å²) in [5.74, 6) is -0.566. The highest BCUT2D eigenvalue weighted by Crippen LogP contribution is 2.17. The number of ether oxygens (including phenoxy) is 1. The van der Waals surface area contributed by atoms with E-state index < -0.39 is 17.7 Å². The van der Waals surface area contributed by atoms with Crippen LogP contribution in [0.15, 0.2) is 42.5 Å². The molecular weight excluding hydrogens is 300 g/mol. The molecule has 1 unspecified atom stereocenters. The van der Waals surface area contributed by atoms with Gasteiger partial charge in [0.15, 0.2) is 0 Å². The molecule has 1 atom stereocenters. The van der Waals surface area contributed by atoms with Crippen molar-refractivity contribution in [1.29, 1.82) is 0 Å². The average Bonchev–Trinajstić information content (AvgIpc) is 2.47. The maximum absolute atomic E-state index is 13.4. The van der Waals surface area contributed by atoms with E-state index in [1.165, 1.54) is 0 Å². The summed E-state index contributed by atoms with van der Waals surface area (Å²) in [6.07, 6.45) is -0.872. The van der Waals surface area contributed by atoms with Crippen LogP contribution in [0.25, 0.3) is 0 Å². The minimum Gasteiger partial charge on any atom is -0.491 e. The highest BCUT2D eigenvalue weighted by atomic mass is 35.5. The first-order valence-corrected chi connectivity index (χ1v) is 6.68. The van der Waals surface area contributed by atoms with Gasteiger partial charge in [-0.1, -0.05) is 11.6 Å². The topological polar surface area (TPSA) is 41.5 Å². The molecule has 0 heterocycles. The monoisotopic (exact) mass is 313 g/mol. The fourth-order valence-electron chi connectivity index (χ4n) is 1.64. The molecule has 0 aromatic heterocycles. The molecule has 2 aromatic rings. The maximum Gasteiger partial charge on any atom is 0.146 e. The van der Waals surface area contributed by atoms with Gasteiger partial charge >= 0.3 is 0 Å². The zero-order valence-corrected chi connectivity index (χ0v) is 11.8. The molecule has 6 heteroatoms. The van der Waals surface area contributed by atoms with Crippen LogP contribution >= 0.6 is 11.6 Å². The van der Waals surface area contributed by atoms with Gasteiger partial charge in [0.25, 0.3) is 0 Å². The molecule has 3 nitrogen and oxygen atoms in total. The van der Waals surface area contributed by atoms with Crippen LogP contribution in [0.4, 0.5) is 14.5 Å². The molecule has 0 radical (unpaired) electrons. The van der Waals surface area contributed by atoms with Gasteiger partial charge in [-0.3, -0.25) is 0 Å². The number of halogens is 3. The van der Waals surface area contributed by atoms with Gasteiger partial charge in [0.05, 0.1) is 5.69 Å². The molecule has 2 aromatic carbocycles. The van der Waals surface area contributed by atoms with Gasteiger partial charge in [-0.25, -0.2) is 8.78 Å². The first-order valence-electron chi connectivity index (χ1n) is 6.30. The van der Waals surface area contributed by atoms with Gasteiger partial charge in [0.2, 0.25) is 0 Å². The SMILES string of the molecule is OC(CNc1cc(F)ccc1F)COc1ccc(Cl)cc1. The molecule has 0 bridgehead atoms. The Bertz CT molecular complexity index is 593. The molecule has 0 fully saturated rings. The molecule has 112 valence electrons. The Morgan fingerprint density at radius 2 is 1.86 bits per heavy atom. The van der Waals surface area contributed by atoms with Crippen LogP contribution in [-0.4, -0.2) is 24.4 Å². The van der Waals surface area contributed by atoms with Crippen LogP contribution in [0.5, 0.6) is 5.75 Å². The van der Waals surface area contributed by atoms with E-state index in [-0.39, 0.29) is 18.8 Å². The molecule has 0 spiro atoms. The lowest BCUT2D eigenvalue weighted by Crippen LogP contribution is -2.26. The number of anilines is 1. The molecule has 0 aliphatic rings. The lowest BCUT2D eigenvalue weighted by Gasteiger charge is -2.14. The molecule has 2 rings (SSSR count). The lowest BCUT2D eigenvalue weighted by molar-refractivity contribution is 0.117. The highest BCUT2D eigenvalue weighted by molar-refractivity contribution is 6.30. The Morgan fingerprint density at radius 1 is 1.14 bits per heavy atom. The standard InChI is InChI=1S/C15H14ClF2NO2/c16-10-1-4-13(5-2-10)21-9-12(20)8-19-15-7-11(17)3-6-14(15)18/h1-7,12,19-20H,8-9H2. The van der Waals surface area contributed by atoms with Gasteiger partial charge < -0.3 is 15.2 Å². The number of rotatable bonds is 6. The van der Waals surface area contributed by atoms with E-state index in [1.807, 2.05) is 0 Å². The molecule has 0 aliphatic carbocycles. The first kappa shape index (κ1) is 15.5. The Morgan fingerprint density at radius 3 is 2.57 bits per heavy atom. The normalized spacial score (nSPS) is 12.0. The van der Waals surface area contributed by atoms with Crippen molar-refractivity contribution in [3.8, 4) is 5.75 Å². The van der Waals surface area contributed by atoms with Crippen molar-refractivity contribution in [3.05, 3.63) is 59.1 Å². The van der Waals surface area contributed by atoms with Crippen LogP contribution in [0.3, 0.4) is 0 Å². The second kappa shape index (κ2) is 7.24. The van der Waals surface area contributed by atoms with E-state index in [9.17, 15) is 13.9 Å². The third-order valence-corrected chi connectivity index (χ3v) is 2.96. The smallest absolute Gasteiger partial charge is 0.146 e. The minimum atomic E-state index is -0.872. The molecule has 0 saturated heterocycles. The highest BCUT2D eigenvalue weighted by Gasteiger charge is 2.08. The van der Waals surface area contributed by atoms with Crippen molar-refractivity contribution in [1.82, 2.24) is 0 Å². The van der Waals surface area contributed by atoms with Crippen molar-refractivity contribution in [2.45, 2.75) is 6.10 Å². The number of aliphatic hydroxyl groups excluding tert-OH is 1. The first-order chi connectivity index (χ1) is 10.0. The Kier molecular flexibility index (Phi) is 5.36. The van der Waals surface area contributed by atoms with Gasteiger partial charge in [-0.15, -0.1) is 0 Å². The second-order valence-corrected chi connectivity index (χ2v) is 4.86. The van der Waals surface area contributed by atoms with Crippen LogP contribution in [-0.2, 0) is 0 Å². The van der Waals surface area contributed by atoms with Crippen molar-refractivity contribution in [2.24, 2.45) is 0 Å². The molecule has 2 N–H and O–H groups in total. The van der Waals surface area contributed by atoms with Crippen molar-refractivity contribution in [2.75, 3.05) is 18.5 Å². The average molecular weight is 314 g/mol. The third-order valence-electron chi connectivity index (χ3n) is 2.71. The molecule has 21 heavy (non-hydrogen) atoms. The summed E-state index contributed by atoms with van der Waals surface area (Å²) < 4.78 is 31.7. The van der Waals surface area contributed by atoms with Gasteiger partial charge in [0, 0.05) is 11.6 Å².